The highest BCUT2D eigenvalue weighted by atomic mass is 35.5. The molecule has 3 aromatic rings. The number of rotatable bonds is 9. The number of benzene rings is 2. The number of carbonyl (C=O) groups is 1. The van der Waals surface area contributed by atoms with E-state index in [1.807, 2.05) is 24.3 Å². The van der Waals surface area contributed by atoms with E-state index in [4.69, 9.17) is 11.6 Å². The molecule has 3 N–H and O–H groups in total. The molecular formula is C17H17ClN6O3S2. The zero-order valence-corrected chi connectivity index (χ0v) is 17.4. The van der Waals surface area contributed by atoms with Crippen LogP contribution >= 0.6 is 23.4 Å². The molecule has 0 aliphatic carbocycles. The Hall–Kier alpha value is -2.47. The number of nitrogens with zero attached hydrogens (tertiary/aromatic N) is 3. The third-order valence-corrected chi connectivity index (χ3v) is 6.46. The van der Waals surface area contributed by atoms with Crippen molar-refractivity contribution < 1.29 is 13.2 Å². The molecule has 2 aromatic carbocycles. The van der Waals surface area contributed by atoms with Gasteiger partial charge in [-0.15, -0.1) is 16.9 Å². The van der Waals surface area contributed by atoms with E-state index in [0.29, 0.717) is 11.4 Å². The Morgan fingerprint density at radius 2 is 1.83 bits per heavy atom. The number of thioether (sulfide) groups is 1. The highest BCUT2D eigenvalue weighted by Gasteiger charge is 2.13. The Bertz CT molecular complexity index is 1040. The molecular weight excluding hydrogens is 436 g/mol. The average Bonchev–Trinajstić information content (AvgIpc) is 3.20. The first-order valence-electron chi connectivity index (χ1n) is 8.43. The fourth-order valence-corrected chi connectivity index (χ4v) is 4.16. The Labute approximate surface area is 176 Å². The maximum absolute atomic E-state index is 12.2. The predicted molar refractivity (Wildman–Crippen MR) is 110 cm³/mol. The number of tetrazole rings is 1. The number of nitrogens with one attached hydrogen (secondary N) is 3. The quantitative estimate of drug-likeness (QED) is 0.424. The molecule has 0 bridgehead atoms. The summed E-state index contributed by atoms with van der Waals surface area (Å²) in [4.78, 5) is 12.9. The zero-order chi connectivity index (χ0) is 20.7. The van der Waals surface area contributed by atoms with Gasteiger partial charge in [-0.05, 0) is 53.6 Å². The van der Waals surface area contributed by atoms with Crippen LogP contribution in [-0.2, 0) is 21.2 Å². The fraction of sp³-hybridized carbons (Fsp3) is 0.176. The van der Waals surface area contributed by atoms with E-state index in [0.717, 1.165) is 10.5 Å². The van der Waals surface area contributed by atoms with Crippen LogP contribution in [0.3, 0.4) is 0 Å². The molecule has 0 saturated heterocycles. The van der Waals surface area contributed by atoms with Crippen molar-refractivity contribution in [3.8, 4) is 0 Å². The highest BCUT2D eigenvalue weighted by molar-refractivity contribution is 8.00. The molecule has 9 nitrogen and oxygen atoms in total. The van der Waals surface area contributed by atoms with Crippen molar-refractivity contribution >= 4 is 45.2 Å². The first-order chi connectivity index (χ1) is 13.9. The van der Waals surface area contributed by atoms with Crippen LogP contribution in [0.4, 0.5) is 5.95 Å². The topological polar surface area (TPSA) is 130 Å². The summed E-state index contributed by atoms with van der Waals surface area (Å²) in [5, 5.41) is 15.9. The summed E-state index contributed by atoms with van der Waals surface area (Å²) in [6, 6.07) is 13.6. The second-order valence-corrected chi connectivity index (χ2v) is 9.07. The summed E-state index contributed by atoms with van der Waals surface area (Å²) < 4.78 is 27.1. The lowest BCUT2D eigenvalue weighted by Crippen LogP contribution is -2.25. The molecule has 3 rings (SSSR count). The number of anilines is 1. The number of halogens is 1. The summed E-state index contributed by atoms with van der Waals surface area (Å²) in [5.41, 5.74) is 0.976. The molecule has 0 radical (unpaired) electrons. The molecule has 0 aliphatic heterocycles. The zero-order valence-electron chi connectivity index (χ0n) is 15.0. The van der Waals surface area contributed by atoms with Gasteiger partial charge in [0.05, 0.1) is 10.6 Å². The fourth-order valence-electron chi connectivity index (χ4n) is 2.30. The van der Waals surface area contributed by atoms with Gasteiger partial charge >= 0.3 is 0 Å². The minimum atomic E-state index is -3.57. The molecule has 0 unspecified atom stereocenters. The van der Waals surface area contributed by atoms with Crippen molar-refractivity contribution in [2.45, 2.75) is 16.2 Å². The van der Waals surface area contributed by atoms with Crippen molar-refractivity contribution in [2.24, 2.45) is 0 Å². The van der Waals surface area contributed by atoms with Gasteiger partial charge in [0, 0.05) is 16.5 Å². The summed E-state index contributed by atoms with van der Waals surface area (Å²) in [7, 11) is -3.57. The van der Waals surface area contributed by atoms with Gasteiger partial charge < -0.3 is 0 Å². The number of H-pyrrole nitrogens is 1. The SMILES string of the molecule is O=C(CSc1ccc(CCNS(=O)(=O)c2ccc(Cl)cc2)cc1)Nc1nn[nH]n1. The van der Waals surface area contributed by atoms with E-state index in [2.05, 4.69) is 30.7 Å². The predicted octanol–water partition coefficient (Wildman–Crippen LogP) is 2.10. The minimum absolute atomic E-state index is 0.131. The standard InChI is InChI=1S/C17H17ClN6O3S2/c18-13-3-7-15(8-4-13)29(26,27)19-10-9-12-1-5-14(6-2-12)28-11-16(25)20-17-21-23-24-22-17/h1-8,19H,9-11H2,(H2,20,21,22,23,24,25). The van der Waals surface area contributed by atoms with E-state index < -0.39 is 10.0 Å². The number of hydrogen-bond acceptors (Lipinski definition) is 7. The van der Waals surface area contributed by atoms with Crippen molar-refractivity contribution in [1.29, 1.82) is 0 Å². The summed E-state index contributed by atoms with van der Waals surface area (Å²) in [6.07, 6.45) is 0.538. The number of aromatic amines is 1. The van der Waals surface area contributed by atoms with Gasteiger partial charge in [-0.25, -0.2) is 13.1 Å². The number of aromatic nitrogens is 4. The molecule has 0 fully saturated rings. The molecule has 0 atom stereocenters. The average molecular weight is 453 g/mol. The third kappa shape index (κ3) is 6.53. The molecule has 1 aromatic heterocycles. The Kier molecular flexibility index (Phi) is 7.20. The summed E-state index contributed by atoms with van der Waals surface area (Å²) in [5.74, 6) is 0.0958. The van der Waals surface area contributed by atoms with Crippen LogP contribution in [-0.4, -0.2) is 47.2 Å². The van der Waals surface area contributed by atoms with Gasteiger partial charge in [-0.1, -0.05) is 28.8 Å². The first-order valence-corrected chi connectivity index (χ1v) is 11.3. The lowest BCUT2D eigenvalue weighted by Gasteiger charge is -2.08. The van der Waals surface area contributed by atoms with Crippen LogP contribution in [0.5, 0.6) is 0 Å². The van der Waals surface area contributed by atoms with E-state index in [-0.39, 0.29) is 29.0 Å². The second kappa shape index (κ2) is 9.83. The van der Waals surface area contributed by atoms with Crippen LogP contribution in [0.1, 0.15) is 5.56 Å². The van der Waals surface area contributed by atoms with Crippen LogP contribution in [0.2, 0.25) is 5.02 Å². The maximum Gasteiger partial charge on any atom is 0.269 e. The lowest BCUT2D eigenvalue weighted by atomic mass is 10.2. The number of carbonyl (C=O) groups excluding carboxylic acids is 1. The molecule has 1 amide bonds. The van der Waals surface area contributed by atoms with Crippen LogP contribution < -0.4 is 10.0 Å². The van der Waals surface area contributed by atoms with Gasteiger partial charge in [-0.2, -0.15) is 5.21 Å². The van der Waals surface area contributed by atoms with Crippen molar-refractivity contribution in [3.63, 3.8) is 0 Å². The van der Waals surface area contributed by atoms with E-state index >= 15 is 0 Å². The molecule has 0 aliphatic rings. The molecule has 0 spiro atoms. The van der Waals surface area contributed by atoms with Gasteiger partial charge in [0.25, 0.3) is 5.95 Å². The largest absolute Gasteiger partial charge is 0.291 e. The van der Waals surface area contributed by atoms with E-state index in [9.17, 15) is 13.2 Å². The second-order valence-electron chi connectivity index (χ2n) is 5.82. The molecule has 12 heteroatoms. The Morgan fingerprint density at radius 3 is 2.48 bits per heavy atom. The monoisotopic (exact) mass is 452 g/mol. The smallest absolute Gasteiger partial charge is 0.269 e. The number of sulfonamides is 1. The Balaban J connectivity index is 1.44. The van der Waals surface area contributed by atoms with E-state index in [1.165, 1.54) is 36.0 Å². The highest BCUT2D eigenvalue weighted by Crippen LogP contribution is 2.19. The van der Waals surface area contributed by atoms with Crippen molar-refractivity contribution in [3.05, 3.63) is 59.1 Å². The normalized spacial score (nSPS) is 11.3. The van der Waals surface area contributed by atoms with Gasteiger partial charge in [0.1, 0.15) is 0 Å². The molecule has 1 heterocycles. The van der Waals surface area contributed by atoms with E-state index in [1.54, 1.807) is 0 Å². The van der Waals surface area contributed by atoms with Crippen LogP contribution in [0, 0.1) is 0 Å². The summed E-state index contributed by atoms with van der Waals surface area (Å²) in [6.45, 7) is 0.268. The van der Waals surface area contributed by atoms with Crippen molar-refractivity contribution in [1.82, 2.24) is 25.3 Å². The lowest BCUT2D eigenvalue weighted by molar-refractivity contribution is -0.113. The minimum Gasteiger partial charge on any atom is -0.291 e. The molecule has 152 valence electrons. The van der Waals surface area contributed by atoms with Crippen LogP contribution in [0.25, 0.3) is 0 Å². The van der Waals surface area contributed by atoms with Crippen molar-refractivity contribution in [2.75, 3.05) is 17.6 Å². The van der Waals surface area contributed by atoms with Gasteiger partial charge in [0.2, 0.25) is 15.9 Å². The molecule has 0 saturated carbocycles. The third-order valence-electron chi connectivity index (χ3n) is 3.72. The van der Waals surface area contributed by atoms with Gasteiger partial charge in [0.15, 0.2) is 0 Å². The van der Waals surface area contributed by atoms with Crippen LogP contribution in [0.15, 0.2) is 58.3 Å². The van der Waals surface area contributed by atoms with Gasteiger partial charge in [-0.3, -0.25) is 10.1 Å². The summed E-state index contributed by atoms with van der Waals surface area (Å²) >= 11 is 7.15. The first kappa shape index (κ1) is 21.2. The molecule has 29 heavy (non-hydrogen) atoms. The maximum atomic E-state index is 12.2. The number of hydrogen-bond donors (Lipinski definition) is 3. The Morgan fingerprint density at radius 1 is 1.10 bits per heavy atom. The number of amides is 1.